The number of thiophene rings is 1. The number of hydrogen-bond acceptors (Lipinski definition) is 6. The van der Waals surface area contributed by atoms with Crippen LogP contribution >= 0.6 is 11.3 Å². The van der Waals surface area contributed by atoms with Crippen molar-refractivity contribution in [2.75, 3.05) is 18.0 Å². The van der Waals surface area contributed by atoms with E-state index in [4.69, 9.17) is 0 Å². The zero-order chi connectivity index (χ0) is 17.4. The van der Waals surface area contributed by atoms with E-state index in [1.807, 2.05) is 17.8 Å². The lowest BCUT2D eigenvalue weighted by atomic mass is 9.90. The highest BCUT2D eigenvalue weighted by Crippen LogP contribution is 2.35. The number of imidazole rings is 1. The molecule has 1 N–H and O–H groups in total. The predicted octanol–water partition coefficient (Wildman–Crippen LogP) is 2.94. The fourth-order valence-corrected chi connectivity index (χ4v) is 4.55. The van der Waals surface area contributed by atoms with E-state index in [9.17, 15) is 5.11 Å². The third kappa shape index (κ3) is 3.02. The summed E-state index contributed by atoms with van der Waals surface area (Å²) < 4.78 is 1.91. The van der Waals surface area contributed by atoms with Crippen LogP contribution in [0.5, 0.6) is 0 Å². The van der Waals surface area contributed by atoms with Crippen LogP contribution in [0, 0.1) is 5.92 Å². The number of aliphatic hydroxyl groups excluding tert-OH is 1. The maximum absolute atomic E-state index is 10.7. The highest BCUT2D eigenvalue weighted by molar-refractivity contribution is 7.18. The quantitative estimate of drug-likeness (QED) is 0.778. The summed E-state index contributed by atoms with van der Waals surface area (Å²) in [5, 5.41) is 11.8. The monoisotopic (exact) mass is 357 g/mol. The Bertz CT molecular complexity index is 865. The van der Waals surface area contributed by atoms with Gasteiger partial charge in [0.25, 0.3) is 0 Å². The number of aromatic nitrogens is 4. The Balaban J connectivity index is 1.51. The number of aryl methyl sites for hydroxylation is 2. The predicted molar refractivity (Wildman–Crippen MR) is 99.9 cm³/mol. The number of nitrogens with zero attached hydrogens (tertiary/aromatic N) is 5. The van der Waals surface area contributed by atoms with Gasteiger partial charge in [-0.1, -0.05) is 6.92 Å². The average molecular weight is 357 g/mol. The normalized spacial score (nSPS) is 17.3. The van der Waals surface area contributed by atoms with Crippen LogP contribution in [0.1, 0.15) is 36.6 Å². The summed E-state index contributed by atoms with van der Waals surface area (Å²) in [7, 11) is 1.93. The smallest absolute Gasteiger partial charge is 0.140 e. The fraction of sp³-hybridized carbons (Fsp3) is 0.500. The molecule has 7 heteroatoms. The van der Waals surface area contributed by atoms with Gasteiger partial charge in [0.1, 0.15) is 28.9 Å². The first-order valence-corrected chi connectivity index (χ1v) is 9.62. The van der Waals surface area contributed by atoms with Gasteiger partial charge in [0.05, 0.1) is 5.39 Å². The van der Waals surface area contributed by atoms with E-state index in [0.717, 1.165) is 54.2 Å². The molecule has 132 valence electrons. The largest absolute Gasteiger partial charge is 0.385 e. The second-order valence-corrected chi connectivity index (χ2v) is 7.76. The molecule has 4 rings (SSSR count). The summed E-state index contributed by atoms with van der Waals surface area (Å²) >= 11 is 1.75. The summed E-state index contributed by atoms with van der Waals surface area (Å²) in [6, 6.07) is 2.23. The van der Waals surface area contributed by atoms with E-state index in [0.29, 0.717) is 0 Å². The van der Waals surface area contributed by atoms with E-state index < -0.39 is 6.10 Å². The number of fused-ring (bicyclic) bond motifs is 1. The van der Waals surface area contributed by atoms with Crippen molar-refractivity contribution in [1.29, 1.82) is 0 Å². The lowest BCUT2D eigenvalue weighted by Gasteiger charge is -2.34. The highest BCUT2D eigenvalue weighted by Gasteiger charge is 2.29. The Labute approximate surface area is 151 Å². The second kappa shape index (κ2) is 6.72. The first kappa shape index (κ1) is 16.5. The molecular weight excluding hydrogens is 334 g/mol. The fourth-order valence-electron chi connectivity index (χ4n) is 3.62. The number of aliphatic hydroxyl groups is 1. The van der Waals surface area contributed by atoms with Gasteiger partial charge in [0.15, 0.2) is 0 Å². The summed E-state index contributed by atoms with van der Waals surface area (Å²) in [4.78, 5) is 18.0. The van der Waals surface area contributed by atoms with Crippen molar-refractivity contribution in [3.8, 4) is 0 Å². The minimum absolute atomic E-state index is 0.239. The minimum atomic E-state index is -0.500. The number of piperidine rings is 1. The Morgan fingerprint density at radius 2 is 2.08 bits per heavy atom. The minimum Gasteiger partial charge on any atom is -0.385 e. The first-order chi connectivity index (χ1) is 12.2. The van der Waals surface area contributed by atoms with Crippen molar-refractivity contribution in [2.24, 2.45) is 13.0 Å². The van der Waals surface area contributed by atoms with Gasteiger partial charge in [-0.15, -0.1) is 11.3 Å². The van der Waals surface area contributed by atoms with Crippen LogP contribution in [0.25, 0.3) is 10.2 Å². The van der Waals surface area contributed by atoms with Crippen molar-refractivity contribution in [3.63, 3.8) is 0 Å². The van der Waals surface area contributed by atoms with Crippen LogP contribution < -0.4 is 4.90 Å². The van der Waals surface area contributed by atoms with Gasteiger partial charge in [0, 0.05) is 37.4 Å². The van der Waals surface area contributed by atoms with Crippen LogP contribution in [-0.4, -0.2) is 37.7 Å². The van der Waals surface area contributed by atoms with E-state index in [1.54, 1.807) is 23.9 Å². The van der Waals surface area contributed by atoms with Gasteiger partial charge in [-0.3, -0.25) is 0 Å². The Morgan fingerprint density at radius 3 is 2.76 bits per heavy atom. The molecule has 0 bridgehead atoms. The van der Waals surface area contributed by atoms with Crippen LogP contribution in [-0.2, 0) is 13.5 Å². The average Bonchev–Trinajstić information content (AvgIpc) is 3.26. The molecule has 3 aromatic rings. The molecule has 0 spiro atoms. The summed E-state index contributed by atoms with van der Waals surface area (Å²) in [6.07, 6.45) is 7.69. The molecule has 0 saturated carbocycles. The molecular formula is C18H23N5OS. The van der Waals surface area contributed by atoms with Gasteiger partial charge in [-0.05, 0) is 31.2 Å². The van der Waals surface area contributed by atoms with E-state index >= 15 is 0 Å². The Kier molecular flexibility index (Phi) is 4.43. The summed E-state index contributed by atoms with van der Waals surface area (Å²) in [5.41, 5.74) is 0. The molecule has 0 aliphatic carbocycles. The maximum atomic E-state index is 10.7. The van der Waals surface area contributed by atoms with Crippen LogP contribution in [0.15, 0.2) is 24.8 Å². The third-order valence-corrected chi connectivity index (χ3v) is 6.30. The van der Waals surface area contributed by atoms with Crippen molar-refractivity contribution in [3.05, 3.63) is 35.5 Å². The van der Waals surface area contributed by atoms with E-state index in [-0.39, 0.29) is 5.92 Å². The SMILES string of the molecule is CCc1cc2c(N3CCC(C(O)c4nccn4C)CC3)ncnc2s1. The van der Waals surface area contributed by atoms with Crippen molar-refractivity contribution in [2.45, 2.75) is 32.3 Å². The molecule has 25 heavy (non-hydrogen) atoms. The molecule has 3 aromatic heterocycles. The van der Waals surface area contributed by atoms with Crippen LogP contribution in [0.3, 0.4) is 0 Å². The molecule has 6 nitrogen and oxygen atoms in total. The number of anilines is 1. The van der Waals surface area contributed by atoms with Gasteiger partial charge >= 0.3 is 0 Å². The highest BCUT2D eigenvalue weighted by atomic mass is 32.1. The lowest BCUT2D eigenvalue weighted by Crippen LogP contribution is -2.36. The molecule has 1 atom stereocenters. The topological polar surface area (TPSA) is 67.1 Å². The molecule has 0 amide bonds. The number of hydrogen-bond donors (Lipinski definition) is 1. The molecule has 1 aliphatic rings. The van der Waals surface area contributed by atoms with Gasteiger partial charge in [-0.2, -0.15) is 0 Å². The second-order valence-electron chi connectivity index (χ2n) is 6.65. The molecule has 4 heterocycles. The Morgan fingerprint density at radius 1 is 1.28 bits per heavy atom. The lowest BCUT2D eigenvalue weighted by molar-refractivity contribution is 0.0824. The van der Waals surface area contributed by atoms with Crippen LogP contribution in [0.2, 0.25) is 0 Å². The van der Waals surface area contributed by atoms with Crippen molar-refractivity contribution in [1.82, 2.24) is 19.5 Å². The Hall–Kier alpha value is -1.99. The molecule has 1 aliphatic heterocycles. The molecule has 0 aromatic carbocycles. The maximum Gasteiger partial charge on any atom is 0.140 e. The van der Waals surface area contributed by atoms with Gasteiger partial charge in [0.2, 0.25) is 0 Å². The first-order valence-electron chi connectivity index (χ1n) is 8.81. The van der Waals surface area contributed by atoms with E-state index in [1.165, 1.54) is 4.88 Å². The van der Waals surface area contributed by atoms with Gasteiger partial charge in [-0.25, -0.2) is 15.0 Å². The zero-order valence-corrected chi connectivity index (χ0v) is 15.4. The molecule has 1 fully saturated rings. The van der Waals surface area contributed by atoms with E-state index in [2.05, 4.69) is 32.8 Å². The van der Waals surface area contributed by atoms with Crippen LogP contribution in [0.4, 0.5) is 5.82 Å². The van der Waals surface area contributed by atoms with Crippen molar-refractivity contribution < 1.29 is 5.11 Å². The van der Waals surface area contributed by atoms with Crippen molar-refractivity contribution >= 4 is 27.4 Å². The third-order valence-electron chi connectivity index (χ3n) is 5.12. The molecule has 0 radical (unpaired) electrons. The molecule has 1 saturated heterocycles. The van der Waals surface area contributed by atoms with Gasteiger partial charge < -0.3 is 14.6 Å². The summed E-state index contributed by atoms with van der Waals surface area (Å²) in [6.45, 7) is 3.97. The zero-order valence-electron chi connectivity index (χ0n) is 14.6. The number of rotatable bonds is 4. The summed E-state index contributed by atoms with van der Waals surface area (Å²) in [5.74, 6) is 2.03. The molecule has 1 unspecified atom stereocenters. The standard InChI is InChI=1S/C18H23N5OS/c1-3-13-10-14-16(20-11-21-18(14)25-13)23-7-4-12(5-8-23)15(24)17-19-6-9-22(17)2/h6,9-12,15,24H,3-5,7-8H2,1-2H3.